The van der Waals surface area contributed by atoms with E-state index in [-0.39, 0.29) is 0 Å². The molecular weight excluding hydrogens is 262 g/mol. The molecule has 0 saturated heterocycles. The van der Waals surface area contributed by atoms with Gasteiger partial charge in [-0.2, -0.15) is 5.10 Å². The first-order valence-electron chi connectivity index (χ1n) is 7.69. The van der Waals surface area contributed by atoms with E-state index in [2.05, 4.69) is 43.3 Å². The summed E-state index contributed by atoms with van der Waals surface area (Å²) in [6.45, 7) is 8.79. The van der Waals surface area contributed by atoms with Gasteiger partial charge in [-0.25, -0.2) is 0 Å². The molecule has 0 spiro atoms. The van der Waals surface area contributed by atoms with Crippen molar-refractivity contribution in [3.05, 3.63) is 47.8 Å². The van der Waals surface area contributed by atoms with Gasteiger partial charge >= 0.3 is 0 Å². The van der Waals surface area contributed by atoms with E-state index < -0.39 is 0 Å². The monoisotopic (exact) mass is 287 g/mol. The number of aromatic nitrogens is 2. The molecule has 0 aliphatic heterocycles. The third-order valence-corrected chi connectivity index (χ3v) is 3.57. The summed E-state index contributed by atoms with van der Waals surface area (Å²) in [4.78, 5) is 0. The molecule has 1 unspecified atom stereocenters. The lowest BCUT2D eigenvalue weighted by molar-refractivity contribution is 0.298. The zero-order chi connectivity index (χ0) is 15.1. The van der Waals surface area contributed by atoms with Crippen LogP contribution in [0.5, 0.6) is 5.75 Å². The topological polar surface area (TPSA) is 39.1 Å². The van der Waals surface area contributed by atoms with Crippen LogP contribution in [0.4, 0.5) is 0 Å². The van der Waals surface area contributed by atoms with Gasteiger partial charge in [0, 0.05) is 18.8 Å². The van der Waals surface area contributed by atoms with Gasteiger partial charge in [0.15, 0.2) is 0 Å². The number of ether oxygens (including phenoxy) is 1. The van der Waals surface area contributed by atoms with Gasteiger partial charge in [0.1, 0.15) is 12.4 Å². The molecule has 0 aliphatic carbocycles. The van der Waals surface area contributed by atoms with E-state index in [1.54, 1.807) is 0 Å². The van der Waals surface area contributed by atoms with Gasteiger partial charge in [-0.15, -0.1) is 0 Å². The summed E-state index contributed by atoms with van der Waals surface area (Å²) in [6.07, 6.45) is 3.10. The van der Waals surface area contributed by atoms with Crippen molar-refractivity contribution < 1.29 is 4.74 Å². The summed E-state index contributed by atoms with van der Waals surface area (Å²) in [5.74, 6) is 0.892. The Kier molecular flexibility index (Phi) is 5.81. The van der Waals surface area contributed by atoms with Crippen molar-refractivity contribution in [2.75, 3.05) is 6.54 Å². The maximum atomic E-state index is 5.84. The summed E-state index contributed by atoms with van der Waals surface area (Å²) in [5.41, 5.74) is 2.20. The van der Waals surface area contributed by atoms with Gasteiger partial charge in [0.05, 0.1) is 5.69 Å². The molecule has 4 heteroatoms. The zero-order valence-corrected chi connectivity index (χ0v) is 13.2. The smallest absolute Gasteiger partial charge is 0.132 e. The molecule has 0 bridgehead atoms. The van der Waals surface area contributed by atoms with Crippen molar-refractivity contribution in [3.63, 3.8) is 0 Å². The molecule has 0 amide bonds. The normalized spacial score (nSPS) is 12.3. The summed E-state index contributed by atoms with van der Waals surface area (Å²) < 4.78 is 7.84. The van der Waals surface area contributed by atoms with E-state index >= 15 is 0 Å². The number of nitrogens with one attached hydrogen (secondary N) is 1. The maximum absolute atomic E-state index is 5.84. The van der Waals surface area contributed by atoms with Crippen LogP contribution in [-0.2, 0) is 13.2 Å². The Balaban J connectivity index is 1.91. The van der Waals surface area contributed by atoms with Crippen molar-refractivity contribution in [1.82, 2.24) is 15.1 Å². The Labute approximate surface area is 127 Å². The molecule has 1 heterocycles. The Morgan fingerprint density at radius 1 is 1.29 bits per heavy atom. The van der Waals surface area contributed by atoms with Crippen LogP contribution < -0.4 is 10.1 Å². The van der Waals surface area contributed by atoms with Crippen LogP contribution in [-0.4, -0.2) is 16.3 Å². The number of hydrogen-bond donors (Lipinski definition) is 1. The SMILES string of the molecule is CCNCc1cccc(OCc2ccn(C(C)CC)n2)c1. The van der Waals surface area contributed by atoms with Crippen LogP contribution >= 0.6 is 0 Å². The van der Waals surface area contributed by atoms with Gasteiger partial charge in [-0.3, -0.25) is 4.68 Å². The van der Waals surface area contributed by atoms with Gasteiger partial charge in [0.2, 0.25) is 0 Å². The lowest BCUT2D eigenvalue weighted by atomic mass is 10.2. The largest absolute Gasteiger partial charge is 0.487 e. The van der Waals surface area contributed by atoms with Gasteiger partial charge in [-0.05, 0) is 43.7 Å². The molecule has 0 saturated carbocycles. The second-order valence-corrected chi connectivity index (χ2v) is 5.26. The zero-order valence-electron chi connectivity index (χ0n) is 13.2. The fourth-order valence-corrected chi connectivity index (χ4v) is 2.06. The second kappa shape index (κ2) is 7.84. The van der Waals surface area contributed by atoms with Gasteiger partial charge < -0.3 is 10.1 Å². The van der Waals surface area contributed by atoms with Gasteiger partial charge in [0.25, 0.3) is 0 Å². The second-order valence-electron chi connectivity index (χ2n) is 5.26. The Hall–Kier alpha value is -1.81. The van der Waals surface area contributed by atoms with Crippen molar-refractivity contribution in [2.45, 2.75) is 46.4 Å². The van der Waals surface area contributed by atoms with Crippen molar-refractivity contribution in [2.24, 2.45) is 0 Å². The van der Waals surface area contributed by atoms with Crippen LogP contribution in [0.3, 0.4) is 0 Å². The van der Waals surface area contributed by atoms with E-state index in [0.717, 1.165) is 31.0 Å². The number of hydrogen-bond acceptors (Lipinski definition) is 3. The molecule has 0 radical (unpaired) electrons. The molecular formula is C17H25N3O. The molecule has 21 heavy (non-hydrogen) atoms. The first-order valence-corrected chi connectivity index (χ1v) is 7.69. The fraction of sp³-hybridized carbons (Fsp3) is 0.471. The van der Waals surface area contributed by atoms with Crippen molar-refractivity contribution in [1.29, 1.82) is 0 Å². The molecule has 0 fully saturated rings. The van der Waals surface area contributed by atoms with Crippen LogP contribution in [0.15, 0.2) is 36.5 Å². The van der Waals surface area contributed by atoms with E-state index in [9.17, 15) is 0 Å². The Bertz CT molecular complexity index is 550. The summed E-state index contributed by atoms with van der Waals surface area (Å²) in [5, 5.41) is 7.86. The highest BCUT2D eigenvalue weighted by atomic mass is 16.5. The Morgan fingerprint density at radius 3 is 2.90 bits per heavy atom. The predicted molar refractivity (Wildman–Crippen MR) is 85.4 cm³/mol. The van der Waals surface area contributed by atoms with Crippen LogP contribution in [0.25, 0.3) is 0 Å². The lowest BCUT2D eigenvalue weighted by Crippen LogP contribution is -2.11. The van der Waals surface area contributed by atoms with Crippen LogP contribution in [0, 0.1) is 0 Å². The highest BCUT2D eigenvalue weighted by Gasteiger charge is 2.05. The minimum atomic E-state index is 0.433. The predicted octanol–water partition coefficient (Wildman–Crippen LogP) is 3.54. The first-order chi connectivity index (χ1) is 10.2. The number of benzene rings is 1. The Morgan fingerprint density at radius 2 is 2.14 bits per heavy atom. The molecule has 2 rings (SSSR count). The quantitative estimate of drug-likeness (QED) is 0.807. The van der Waals surface area contributed by atoms with E-state index in [1.165, 1.54) is 5.56 Å². The molecule has 0 aliphatic rings. The molecule has 2 aromatic rings. The average molecular weight is 287 g/mol. The van der Waals surface area contributed by atoms with Crippen molar-refractivity contribution >= 4 is 0 Å². The standard InChI is InChI=1S/C17H25N3O/c1-4-14(3)20-10-9-16(19-20)13-21-17-8-6-7-15(11-17)12-18-5-2/h6-11,14,18H,4-5,12-13H2,1-3H3. The number of rotatable bonds is 8. The summed E-state index contributed by atoms with van der Waals surface area (Å²) >= 11 is 0. The molecule has 4 nitrogen and oxygen atoms in total. The molecule has 1 aromatic heterocycles. The highest BCUT2D eigenvalue weighted by Crippen LogP contribution is 2.15. The molecule has 1 N–H and O–H groups in total. The fourth-order valence-electron chi connectivity index (χ4n) is 2.06. The third-order valence-electron chi connectivity index (χ3n) is 3.57. The summed E-state index contributed by atoms with van der Waals surface area (Å²) in [7, 11) is 0. The third kappa shape index (κ3) is 4.60. The maximum Gasteiger partial charge on any atom is 0.132 e. The van der Waals surface area contributed by atoms with Crippen LogP contribution in [0.1, 0.15) is 44.5 Å². The number of nitrogens with zero attached hydrogens (tertiary/aromatic N) is 2. The van der Waals surface area contributed by atoms with Gasteiger partial charge in [-0.1, -0.05) is 26.0 Å². The first kappa shape index (κ1) is 15.6. The minimum absolute atomic E-state index is 0.433. The molecule has 114 valence electrons. The lowest BCUT2D eigenvalue weighted by Gasteiger charge is -2.09. The minimum Gasteiger partial charge on any atom is -0.487 e. The van der Waals surface area contributed by atoms with E-state index in [1.807, 2.05) is 29.1 Å². The van der Waals surface area contributed by atoms with Crippen molar-refractivity contribution in [3.8, 4) is 5.75 Å². The van der Waals surface area contributed by atoms with E-state index in [4.69, 9.17) is 4.74 Å². The molecule has 1 atom stereocenters. The van der Waals surface area contributed by atoms with E-state index in [0.29, 0.717) is 12.6 Å². The average Bonchev–Trinajstić information content (AvgIpc) is 2.99. The highest BCUT2D eigenvalue weighted by molar-refractivity contribution is 5.28. The van der Waals surface area contributed by atoms with Crippen LogP contribution in [0.2, 0.25) is 0 Å². The summed E-state index contributed by atoms with van der Waals surface area (Å²) in [6, 6.07) is 10.7. The molecule has 1 aromatic carbocycles.